The van der Waals surface area contributed by atoms with Crippen LogP contribution in [0, 0.1) is 5.92 Å². The van der Waals surface area contributed by atoms with E-state index >= 15 is 0 Å². The summed E-state index contributed by atoms with van der Waals surface area (Å²) >= 11 is 0. The van der Waals surface area contributed by atoms with Crippen molar-refractivity contribution in [2.75, 3.05) is 19.6 Å². The first-order valence-corrected chi connectivity index (χ1v) is 6.95. The number of benzene rings is 1. The number of rotatable bonds is 6. The molecule has 2 rings (SSSR count). The quantitative estimate of drug-likeness (QED) is 0.864. The lowest BCUT2D eigenvalue weighted by atomic mass is 10.1. The van der Waals surface area contributed by atoms with Crippen molar-refractivity contribution >= 4 is 10.9 Å². The summed E-state index contributed by atoms with van der Waals surface area (Å²) in [5.74, 6) is 0.640. The highest BCUT2D eigenvalue weighted by Gasteiger charge is 2.13. The molecule has 2 N–H and O–H groups in total. The normalized spacial score (nSPS) is 11.9. The smallest absolute Gasteiger partial charge is 0.0843 e. The van der Waals surface area contributed by atoms with E-state index in [1.807, 2.05) is 11.7 Å². The monoisotopic (exact) mass is 260 g/mol. The number of aromatic nitrogens is 2. The van der Waals surface area contributed by atoms with Crippen molar-refractivity contribution in [2.45, 2.75) is 20.4 Å². The lowest BCUT2D eigenvalue weighted by Gasteiger charge is -2.22. The van der Waals surface area contributed by atoms with Crippen LogP contribution in [0.1, 0.15) is 19.5 Å². The van der Waals surface area contributed by atoms with E-state index < -0.39 is 0 Å². The number of nitrogens with zero attached hydrogens (tertiary/aromatic N) is 3. The lowest BCUT2D eigenvalue weighted by Crippen LogP contribution is -2.32. The third-order valence-corrected chi connectivity index (χ3v) is 3.28. The molecule has 0 aliphatic rings. The third kappa shape index (κ3) is 3.33. The van der Waals surface area contributed by atoms with Gasteiger partial charge in [-0.15, -0.1) is 0 Å². The second-order valence-corrected chi connectivity index (χ2v) is 5.51. The molecule has 0 fully saturated rings. The van der Waals surface area contributed by atoms with Crippen LogP contribution in [0.15, 0.2) is 24.3 Å². The van der Waals surface area contributed by atoms with Gasteiger partial charge in [0.25, 0.3) is 0 Å². The van der Waals surface area contributed by atoms with E-state index in [1.54, 1.807) is 0 Å². The van der Waals surface area contributed by atoms with E-state index in [0.717, 1.165) is 25.3 Å². The van der Waals surface area contributed by atoms with Gasteiger partial charge in [-0.2, -0.15) is 5.10 Å². The lowest BCUT2D eigenvalue weighted by molar-refractivity contribution is 0.240. The Balaban J connectivity index is 2.23. The first-order chi connectivity index (χ1) is 9.11. The molecule has 2 aromatic rings. The predicted octanol–water partition coefficient (Wildman–Crippen LogP) is 1.99. The highest BCUT2D eigenvalue weighted by Crippen LogP contribution is 2.19. The Bertz CT molecular complexity index is 530. The van der Waals surface area contributed by atoms with Gasteiger partial charge in [0.05, 0.1) is 11.2 Å². The van der Waals surface area contributed by atoms with Crippen molar-refractivity contribution in [3.8, 4) is 0 Å². The number of hydrogen-bond donors (Lipinski definition) is 1. The Labute approximate surface area is 115 Å². The van der Waals surface area contributed by atoms with Gasteiger partial charge in [0.15, 0.2) is 0 Å². The van der Waals surface area contributed by atoms with E-state index in [4.69, 9.17) is 5.73 Å². The molecule has 0 aliphatic carbocycles. The fraction of sp³-hybridized carbons (Fsp3) is 0.533. The van der Waals surface area contributed by atoms with Crippen LogP contribution in [0.25, 0.3) is 10.9 Å². The zero-order chi connectivity index (χ0) is 13.8. The molecule has 0 radical (unpaired) electrons. The van der Waals surface area contributed by atoms with E-state index in [2.05, 4.69) is 48.1 Å². The number of nitrogens with two attached hydrogens (primary N) is 1. The van der Waals surface area contributed by atoms with Crippen LogP contribution in [0.2, 0.25) is 0 Å². The summed E-state index contributed by atoms with van der Waals surface area (Å²) in [6, 6.07) is 8.39. The topological polar surface area (TPSA) is 47.1 Å². The van der Waals surface area contributed by atoms with Crippen LogP contribution < -0.4 is 5.73 Å². The summed E-state index contributed by atoms with van der Waals surface area (Å²) in [7, 11) is 2.00. The van der Waals surface area contributed by atoms with E-state index in [9.17, 15) is 0 Å². The molecule has 0 bridgehead atoms. The minimum absolute atomic E-state index is 0.640. The average molecular weight is 260 g/mol. The highest BCUT2D eigenvalue weighted by molar-refractivity contribution is 5.81. The van der Waals surface area contributed by atoms with Gasteiger partial charge in [-0.3, -0.25) is 9.58 Å². The maximum absolute atomic E-state index is 5.71. The maximum atomic E-state index is 5.71. The Morgan fingerprint density at radius 1 is 1.32 bits per heavy atom. The predicted molar refractivity (Wildman–Crippen MR) is 79.9 cm³/mol. The number of hydrogen-bond acceptors (Lipinski definition) is 3. The molecule has 19 heavy (non-hydrogen) atoms. The van der Waals surface area contributed by atoms with E-state index in [1.165, 1.54) is 10.9 Å². The second kappa shape index (κ2) is 6.17. The number of para-hydroxylation sites is 1. The first-order valence-electron chi connectivity index (χ1n) is 6.95. The van der Waals surface area contributed by atoms with Gasteiger partial charge in [0.2, 0.25) is 0 Å². The third-order valence-electron chi connectivity index (χ3n) is 3.28. The van der Waals surface area contributed by atoms with Gasteiger partial charge < -0.3 is 5.73 Å². The van der Waals surface area contributed by atoms with Crippen LogP contribution >= 0.6 is 0 Å². The molecule has 1 aromatic heterocycles. The molecule has 1 heterocycles. The summed E-state index contributed by atoms with van der Waals surface area (Å²) in [6.45, 7) is 8.01. The van der Waals surface area contributed by atoms with Crippen LogP contribution in [-0.2, 0) is 13.6 Å². The zero-order valence-electron chi connectivity index (χ0n) is 12.1. The Morgan fingerprint density at radius 2 is 2.05 bits per heavy atom. The van der Waals surface area contributed by atoms with Gasteiger partial charge >= 0.3 is 0 Å². The van der Waals surface area contributed by atoms with Crippen molar-refractivity contribution < 1.29 is 0 Å². The first kappa shape index (κ1) is 14.0. The Kier molecular flexibility index (Phi) is 4.56. The summed E-state index contributed by atoms with van der Waals surface area (Å²) in [5.41, 5.74) is 8.04. The molecule has 1 aromatic carbocycles. The minimum Gasteiger partial charge on any atom is -0.329 e. The van der Waals surface area contributed by atoms with Gasteiger partial charge in [-0.05, 0) is 12.0 Å². The summed E-state index contributed by atoms with van der Waals surface area (Å²) in [4.78, 5) is 2.39. The number of aryl methyl sites for hydroxylation is 1. The highest BCUT2D eigenvalue weighted by atomic mass is 15.3. The van der Waals surface area contributed by atoms with Gasteiger partial charge in [0.1, 0.15) is 0 Å². The molecular weight excluding hydrogens is 236 g/mol. The minimum atomic E-state index is 0.640. The standard InChI is InChI=1S/C15H24N4/c1-12(2)10-19(9-8-16)11-14-13-6-4-5-7-15(13)18(3)17-14/h4-7,12H,8-11,16H2,1-3H3. The maximum Gasteiger partial charge on any atom is 0.0843 e. The molecule has 104 valence electrons. The SMILES string of the molecule is CC(C)CN(CCN)Cc1nn(C)c2ccccc12. The molecule has 0 saturated carbocycles. The van der Waals surface area contributed by atoms with E-state index in [-0.39, 0.29) is 0 Å². The number of fused-ring (bicyclic) bond motifs is 1. The molecular formula is C15H24N4. The summed E-state index contributed by atoms with van der Waals surface area (Å²) in [6.07, 6.45) is 0. The van der Waals surface area contributed by atoms with Crippen molar-refractivity contribution in [1.82, 2.24) is 14.7 Å². The van der Waals surface area contributed by atoms with Crippen LogP contribution in [0.4, 0.5) is 0 Å². The summed E-state index contributed by atoms with van der Waals surface area (Å²) < 4.78 is 1.96. The van der Waals surface area contributed by atoms with Crippen molar-refractivity contribution in [3.05, 3.63) is 30.0 Å². The fourth-order valence-electron chi connectivity index (χ4n) is 2.55. The summed E-state index contributed by atoms with van der Waals surface area (Å²) in [5, 5.41) is 5.90. The van der Waals surface area contributed by atoms with Crippen LogP contribution in [0.5, 0.6) is 0 Å². The molecule has 0 atom stereocenters. The van der Waals surface area contributed by atoms with E-state index in [0.29, 0.717) is 12.5 Å². The molecule has 0 amide bonds. The molecule has 0 saturated heterocycles. The fourth-order valence-corrected chi connectivity index (χ4v) is 2.55. The molecule has 0 spiro atoms. The van der Waals surface area contributed by atoms with Gasteiger partial charge in [-0.25, -0.2) is 0 Å². The van der Waals surface area contributed by atoms with Crippen LogP contribution in [-0.4, -0.2) is 34.3 Å². The molecule has 4 heteroatoms. The van der Waals surface area contributed by atoms with Crippen molar-refractivity contribution in [1.29, 1.82) is 0 Å². The van der Waals surface area contributed by atoms with Crippen LogP contribution in [0.3, 0.4) is 0 Å². The second-order valence-electron chi connectivity index (χ2n) is 5.51. The molecule has 4 nitrogen and oxygen atoms in total. The average Bonchev–Trinajstić information content (AvgIpc) is 2.67. The molecule has 0 aliphatic heterocycles. The Hall–Kier alpha value is -1.39. The largest absolute Gasteiger partial charge is 0.329 e. The van der Waals surface area contributed by atoms with Gasteiger partial charge in [-0.1, -0.05) is 32.0 Å². The zero-order valence-corrected chi connectivity index (χ0v) is 12.1. The van der Waals surface area contributed by atoms with Crippen molar-refractivity contribution in [3.63, 3.8) is 0 Å². The van der Waals surface area contributed by atoms with Crippen molar-refractivity contribution in [2.24, 2.45) is 18.7 Å². The molecule has 0 unspecified atom stereocenters. The Morgan fingerprint density at radius 3 is 2.74 bits per heavy atom. The van der Waals surface area contributed by atoms with Gasteiger partial charge in [0, 0.05) is 38.6 Å².